The maximum Gasteiger partial charge on any atom is 0.305 e. The molecule has 4 rings (SSSR count). The van der Waals surface area contributed by atoms with Gasteiger partial charge in [0.2, 0.25) is 0 Å². The van der Waals surface area contributed by atoms with Crippen LogP contribution in [0.2, 0.25) is 0 Å². The molecule has 0 aromatic heterocycles. The van der Waals surface area contributed by atoms with E-state index in [1.54, 1.807) is 0 Å². The summed E-state index contributed by atoms with van der Waals surface area (Å²) in [6, 6.07) is 0. The van der Waals surface area contributed by atoms with Crippen LogP contribution < -0.4 is 0 Å². The van der Waals surface area contributed by atoms with Crippen LogP contribution in [-0.4, -0.2) is 18.9 Å². The molecule has 4 saturated carbocycles. The van der Waals surface area contributed by atoms with Gasteiger partial charge in [-0.1, -0.05) is 20.8 Å². The lowest BCUT2D eigenvalue weighted by Gasteiger charge is -2.60. The number of carbonyl (C=O) groups excluding carboxylic acids is 2. The number of methoxy groups -OCH3 is 1. The largest absolute Gasteiger partial charge is 0.469 e. The van der Waals surface area contributed by atoms with Crippen molar-refractivity contribution in [2.75, 3.05) is 7.11 Å². The van der Waals surface area contributed by atoms with Gasteiger partial charge in [0.25, 0.3) is 0 Å². The first-order chi connectivity index (χ1) is 13.3. The Morgan fingerprint density at radius 3 is 2.57 bits per heavy atom. The molecule has 28 heavy (non-hydrogen) atoms. The lowest BCUT2D eigenvalue weighted by molar-refractivity contribution is -0.141. The summed E-state index contributed by atoms with van der Waals surface area (Å²) >= 11 is 0. The van der Waals surface area contributed by atoms with Crippen LogP contribution in [0.3, 0.4) is 0 Å². The lowest BCUT2D eigenvalue weighted by Crippen LogP contribution is -2.53. The average molecular weight is 389 g/mol. The Balaban J connectivity index is 1.49. The van der Waals surface area contributed by atoms with E-state index in [1.807, 2.05) is 0 Å². The second-order valence-corrected chi connectivity index (χ2v) is 11.2. The predicted octanol–water partition coefficient (Wildman–Crippen LogP) is 5.80. The highest BCUT2D eigenvalue weighted by Gasteiger charge is 2.60. The first-order valence-electron chi connectivity index (χ1n) is 11.9. The van der Waals surface area contributed by atoms with E-state index in [2.05, 4.69) is 20.8 Å². The Labute approximate surface area is 171 Å². The van der Waals surface area contributed by atoms with Crippen LogP contribution in [0.25, 0.3) is 0 Å². The molecular formula is C25H40O3. The number of Topliss-reactive ketones (excluding diaryl/α,β-unsaturated/α-hetero) is 1. The van der Waals surface area contributed by atoms with Gasteiger partial charge in [0.05, 0.1) is 7.11 Å². The molecule has 0 aromatic rings. The van der Waals surface area contributed by atoms with Crippen molar-refractivity contribution < 1.29 is 14.3 Å². The van der Waals surface area contributed by atoms with Crippen molar-refractivity contribution >= 4 is 11.8 Å². The van der Waals surface area contributed by atoms with Crippen LogP contribution in [0.15, 0.2) is 0 Å². The highest BCUT2D eigenvalue weighted by Crippen LogP contribution is 2.68. The second kappa shape index (κ2) is 7.43. The number of esters is 1. The summed E-state index contributed by atoms with van der Waals surface area (Å²) in [6.45, 7) is 7.49. The molecule has 0 saturated heterocycles. The second-order valence-electron chi connectivity index (χ2n) is 11.2. The van der Waals surface area contributed by atoms with Gasteiger partial charge in [-0.05, 0) is 97.7 Å². The first kappa shape index (κ1) is 20.4. The van der Waals surface area contributed by atoms with Crippen molar-refractivity contribution in [2.24, 2.45) is 46.3 Å². The van der Waals surface area contributed by atoms with Crippen LogP contribution in [0.5, 0.6) is 0 Å². The van der Waals surface area contributed by atoms with Crippen LogP contribution >= 0.6 is 0 Å². The topological polar surface area (TPSA) is 43.4 Å². The molecule has 0 radical (unpaired) electrons. The minimum atomic E-state index is -0.0617. The summed E-state index contributed by atoms with van der Waals surface area (Å²) in [5.41, 5.74) is 0.858. The summed E-state index contributed by atoms with van der Waals surface area (Å²) in [5, 5.41) is 0. The maximum atomic E-state index is 12.1. The average Bonchev–Trinajstić information content (AvgIpc) is 3.03. The van der Waals surface area contributed by atoms with Crippen LogP contribution in [-0.2, 0) is 14.3 Å². The Bertz CT molecular complexity index is 627. The highest BCUT2D eigenvalue weighted by molar-refractivity contribution is 5.79. The van der Waals surface area contributed by atoms with Crippen LogP contribution in [0.4, 0.5) is 0 Å². The molecular weight excluding hydrogens is 348 g/mol. The molecule has 3 heteroatoms. The van der Waals surface area contributed by atoms with E-state index >= 15 is 0 Å². The van der Waals surface area contributed by atoms with Gasteiger partial charge in [-0.15, -0.1) is 0 Å². The molecule has 3 nitrogen and oxygen atoms in total. The van der Waals surface area contributed by atoms with E-state index in [0.717, 1.165) is 49.4 Å². The number of ketones is 1. The van der Waals surface area contributed by atoms with Crippen molar-refractivity contribution in [2.45, 2.75) is 91.4 Å². The van der Waals surface area contributed by atoms with Gasteiger partial charge < -0.3 is 4.74 Å². The fourth-order valence-corrected chi connectivity index (χ4v) is 8.67. The third-order valence-corrected chi connectivity index (χ3v) is 10.3. The van der Waals surface area contributed by atoms with Gasteiger partial charge >= 0.3 is 5.97 Å². The molecule has 4 aliphatic rings. The minimum Gasteiger partial charge on any atom is -0.469 e. The number of rotatable bonds is 4. The van der Waals surface area contributed by atoms with Gasteiger partial charge in [0.1, 0.15) is 5.78 Å². The normalized spacial score (nSPS) is 46.3. The van der Waals surface area contributed by atoms with E-state index in [9.17, 15) is 9.59 Å². The van der Waals surface area contributed by atoms with E-state index in [-0.39, 0.29) is 5.97 Å². The van der Waals surface area contributed by atoms with E-state index in [0.29, 0.717) is 34.9 Å². The fourth-order valence-electron chi connectivity index (χ4n) is 8.67. The van der Waals surface area contributed by atoms with Gasteiger partial charge in [-0.25, -0.2) is 0 Å². The lowest BCUT2D eigenvalue weighted by atomic mass is 9.44. The zero-order valence-electron chi connectivity index (χ0n) is 18.5. The third kappa shape index (κ3) is 3.16. The molecule has 0 heterocycles. The minimum absolute atomic E-state index is 0.0617. The molecule has 0 spiro atoms. The third-order valence-electron chi connectivity index (χ3n) is 10.3. The van der Waals surface area contributed by atoms with Crippen molar-refractivity contribution in [1.29, 1.82) is 0 Å². The molecule has 0 unspecified atom stereocenters. The number of ether oxygens (including phenoxy) is 1. The molecule has 0 aromatic carbocycles. The molecule has 4 aliphatic carbocycles. The monoisotopic (exact) mass is 388 g/mol. The summed E-state index contributed by atoms with van der Waals surface area (Å²) in [7, 11) is 1.50. The number of hydrogen-bond donors (Lipinski definition) is 0. The number of carbonyl (C=O) groups is 2. The quantitative estimate of drug-likeness (QED) is 0.571. The van der Waals surface area contributed by atoms with E-state index in [4.69, 9.17) is 4.74 Å². The Hall–Kier alpha value is -0.860. The van der Waals surface area contributed by atoms with Gasteiger partial charge in [0, 0.05) is 19.3 Å². The molecule has 0 amide bonds. The van der Waals surface area contributed by atoms with Gasteiger partial charge in [0.15, 0.2) is 0 Å². The number of hydrogen-bond acceptors (Lipinski definition) is 3. The highest BCUT2D eigenvalue weighted by atomic mass is 16.5. The predicted molar refractivity (Wildman–Crippen MR) is 111 cm³/mol. The molecule has 4 fully saturated rings. The molecule has 0 N–H and O–H groups in total. The SMILES string of the molecule is COC(=O)CC[C@@H](C)[C@H]1CC[C@H]2[C@@H]3CC[C@H]4CC(=O)CC[C@]4(C)[C@H]3CC[C@]12C. The summed E-state index contributed by atoms with van der Waals surface area (Å²) in [4.78, 5) is 23.7. The smallest absolute Gasteiger partial charge is 0.305 e. The standard InChI is InChI=1S/C25H40O3/c1-16(5-10-23(27)28-4)20-8-9-21-19-7-6-17-15-18(26)11-13-24(17,2)22(19)12-14-25(20,21)3/h16-17,19-22H,5-15H2,1-4H3/t16-,17+,19+,20-,21+,22+,24+,25-/m1/s1. The Morgan fingerprint density at radius 1 is 1.07 bits per heavy atom. The summed E-state index contributed by atoms with van der Waals surface area (Å²) < 4.78 is 4.87. The maximum absolute atomic E-state index is 12.1. The van der Waals surface area contributed by atoms with Gasteiger partial charge in [-0.2, -0.15) is 0 Å². The van der Waals surface area contributed by atoms with Gasteiger partial charge in [-0.3, -0.25) is 9.59 Å². The van der Waals surface area contributed by atoms with Crippen molar-refractivity contribution in [3.8, 4) is 0 Å². The van der Waals surface area contributed by atoms with Crippen LogP contribution in [0.1, 0.15) is 91.4 Å². The first-order valence-corrected chi connectivity index (χ1v) is 11.9. The zero-order chi connectivity index (χ0) is 20.1. The Kier molecular flexibility index (Phi) is 5.42. The van der Waals surface area contributed by atoms with Crippen molar-refractivity contribution in [3.05, 3.63) is 0 Å². The van der Waals surface area contributed by atoms with Crippen LogP contribution in [0, 0.1) is 46.3 Å². The zero-order valence-corrected chi connectivity index (χ0v) is 18.5. The van der Waals surface area contributed by atoms with E-state index in [1.165, 1.54) is 45.6 Å². The molecule has 0 bridgehead atoms. The molecule has 0 aliphatic heterocycles. The van der Waals surface area contributed by atoms with E-state index < -0.39 is 0 Å². The summed E-state index contributed by atoms with van der Waals surface area (Å²) in [5.74, 6) is 5.01. The molecule has 158 valence electrons. The van der Waals surface area contributed by atoms with Crippen molar-refractivity contribution in [1.82, 2.24) is 0 Å². The Morgan fingerprint density at radius 2 is 1.82 bits per heavy atom. The fraction of sp³-hybridized carbons (Fsp3) is 0.920. The number of fused-ring (bicyclic) bond motifs is 5. The van der Waals surface area contributed by atoms with Crippen molar-refractivity contribution in [3.63, 3.8) is 0 Å². The summed E-state index contributed by atoms with van der Waals surface area (Å²) in [6.07, 6.45) is 12.4. The molecule has 8 atom stereocenters.